The summed E-state index contributed by atoms with van der Waals surface area (Å²) in [5.74, 6) is -1.68. The molecule has 0 aliphatic rings. The number of hydrogen-bond donors (Lipinski definition) is 1. The number of nitrogens with zero attached hydrogens (tertiary/aromatic N) is 2. The molecule has 0 saturated heterocycles. The molecule has 4 nitrogen and oxygen atoms in total. The average molecular weight is 293 g/mol. The molecule has 6 heteroatoms. The number of halogens is 2. The molecule has 1 heterocycles. The zero-order valence-corrected chi connectivity index (χ0v) is 11.9. The Bertz CT molecular complexity index is 698. The second-order valence-corrected chi connectivity index (χ2v) is 5.28. The van der Waals surface area contributed by atoms with Crippen LogP contribution in [0.25, 0.3) is 11.3 Å². The smallest absolute Gasteiger partial charge is 0.266 e. The van der Waals surface area contributed by atoms with Gasteiger partial charge in [-0.25, -0.2) is 13.5 Å². The summed E-state index contributed by atoms with van der Waals surface area (Å²) < 4.78 is 27.5. The summed E-state index contributed by atoms with van der Waals surface area (Å²) in [6.07, 6.45) is 0. The van der Waals surface area contributed by atoms with Crippen LogP contribution in [-0.2, 0) is 6.54 Å². The molecule has 0 amide bonds. The molecule has 0 aliphatic heterocycles. The van der Waals surface area contributed by atoms with E-state index in [0.29, 0.717) is 11.3 Å². The van der Waals surface area contributed by atoms with Crippen molar-refractivity contribution in [3.8, 4) is 11.3 Å². The molecule has 1 atom stereocenters. The van der Waals surface area contributed by atoms with E-state index >= 15 is 0 Å². The van der Waals surface area contributed by atoms with Gasteiger partial charge in [-0.2, -0.15) is 5.10 Å². The van der Waals surface area contributed by atoms with Crippen molar-refractivity contribution in [1.29, 1.82) is 0 Å². The molecule has 0 aliphatic carbocycles. The molecule has 0 unspecified atom stereocenters. The SMILES string of the molecule is CC(C)[C@@H](N)Cn1nc(-c2ccc(F)c(F)c2)ccc1=O. The molecule has 1 aromatic carbocycles. The minimum absolute atomic E-state index is 0.200. The van der Waals surface area contributed by atoms with Crippen LogP contribution in [-0.4, -0.2) is 15.8 Å². The minimum Gasteiger partial charge on any atom is -0.326 e. The maximum atomic E-state index is 13.3. The van der Waals surface area contributed by atoms with Gasteiger partial charge < -0.3 is 5.73 Å². The first-order valence-corrected chi connectivity index (χ1v) is 6.67. The van der Waals surface area contributed by atoms with E-state index in [9.17, 15) is 13.6 Å². The Morgan fingerprint density at radius 3 is 2.52 bits per heavy atom. The van der Waals surface area contributed by atoms with Gasteiger partial charge in [0.15, 0.2) is 11.6 Å². The highest BCUT2D eigenvalue weighted by atomic mass is 19.2. The van der Waals surface area contributed by atoms with Gasteiger partial charge in [-0.15, -0.1) is 0 Å². The predicted octanol–water partition coefficient (Wildman–Crippen LogP) is 2.17. The van der Waals surface area contributed by atoms with Crippen molar-refractivity contribution in [2.45, 2.75) is 26.4 Å². The number of rotatable bonds is 4. The number of hydrogen-bond acceptors (Lipinski definition) is 3. The van der Waals surface area contributed by atoms with Gasteiger partial charge in [-0.1, -0.05) is 13.8 Å². The lowest BCUT2D eigenvalue weighted by atomic mass is 10.1. The maximum absolute atomic E-state index is 13.3. The Labute approximate surface area is 121 Å². The van der Waals surface area contributed by atoms with Gasteiger partial charge in [0.1, 0.15) is 0 Å². The van der Waals surface area contributed by atoms with Gasteiger partial charge in [0.05, 0.1) is 12.2 Å². The lowest BCUT2D eigenvalue weighted by Crippen LogP contribution is -2.36. The van der Waals surface area contributed by atoms with Gasteiger partial charge in [0.25, 0.3) is 5.56 Å². The zero-order chi connectivity index (χ0) is 15.6. The van der Waals surface area contributed by atoms with Crippen LogP contribution in [0.15, 0.2) is 35.1 Å². The van der Waals surface area contributed by atoms with Crippen molar-refractivity contribution in [3.05, 3.63) is 52.3 Å². The summed E-state index contributed by atoms with van der Waals surface area (Å²) in [7, 11) is 0. The van der Waals surface area contributed by atoms with Crippen molar-refractivity contribution in [3.63, 3.8) is 0 Å². The molecule has 0 fully saturated rings. The van der Waals surface area contributed by atoms with Crippen molar-refractivity contribution >= 4 is 0 Å². The van der Waals surface area contributed by atoms with Crippen LogP contribution in [0.1, 0.15) is 13.8 Å². The molecule has 1 aromatic heterocycles. The zero-order valence-electron chi connectivity index (χ0n) is 11.9. The monoisotopic (exact) mass is 293 g/mol. The average Bonchev–Trinajstić information content (AvgIpc) is 2.44. The van der Waals surface area contributed by atoms with Gasteiger partial charge >= 0.3 is 0 Å². The number of nitrogens with two attached hydrogens (primary N) is 1. The van der Waals surface area contributed by atoms with Crippen molar-refractivity contribution in [2.24, 2.45) is 11.7 Å². The first-order valence-electron chi connectivity index (χ1n) is 6.67. The van der Waals surface area contributed by atoms with Crippen molar-refractivity contribution in [1.82, 2.24) is 9.78 Å². The van der Waals surface area contributed by atoms with Gasteiger partial charge in [0, 0.05) is 17.7 Å². The lowest BCUT2D eigenvalue weighted by molar-refractivity contribution is 0.404. The molecular formula is C15H17F2N3O. The van der Waals surface area contributed by atoms with Crippen LogP contribution in [0.2, 0.25) is 0 Å². The van der Waals surface area contributed by atoms with E-state index in [2.05, 4.69) is 5.10 Å². The van der Waals surface area contributed by atoms with Crippen LogP contribution < -0.4 is 11.3 Å². The quantitative estimate of drug-likeness (QED) is 0.939. The van der Waals surface area contributed by atoms with Crippen molar-refractivity contribution in [2.75, 3.05) is 0 Å². The van der Waals surface area contributed by atoms with Gasteiger partial charge in [-0.05, 0) is 30.2 Å². The third-order valence-corrected chi connectivity index (χ3v) is 3.32. The molecule has 2 aromatic rings. The Morgan fingerprint density at radius 2 is 1.90 bits per heavy atom. The highest BCUT2D eigenvalue weighted by Crippen LogP contribution is 2.18. The first kappa shape index (κ1) is 15.3. The molecule has 0 spiro atoms. The van der Waals surface area contributed by atoms with Crippen LogP contribution in [0.4, 0.5) is 8.78 Å². The van der Waals surface area contributed by atoms with E-state index in [1.54, 1.807) is 0 Å². The summed E-state index contributed by atoms with van der Waals surface area (Å²) in [4.78, 5) is 11.8. The van der Waals surface area contributed by atoms with Gasteiger partial charge in [-0.3, -0.25) is 4.79 Å². The standard InChI is InChI=1S/C15H17F2N3O/c1-9(2)13(18)8-20-15(21)6-5-14(19-20)10-3-4-11(16)12(17)7-10/h3-7,9,13H,8,18H2,1-2H3/t13-/m0/s1. The third kappa shape index (κ3) is 3.52. The highest BCUT2D eigenvalue weighted by molar-refractivity contribution is 5.58. The fraction of sp³-hybridized carbons (Fsp3) is 0.333. The summed E-state index contributed by atoms with van der Waals surface area (Å²) in [5, 5.41) is 4.17. The van der Waals surface area contributed by atoms with Gasteiger partial charge in [0.2, 0.25) is 0 Å². The molecule has 0 radical (unpaired) electrons. The summed E-state index contributed by atoms with van der Waals surface area (Å²) in [5.41, 5.74) is 6.46. The first-order chi connectivity index (χ1) is 9.88. The fourth-order valence-electron chi connectivity index (χ4n) is 1.80. The normalized spacial score (nSPS) is 12.7. The summed E-state index contributed by atoms with van der Waals surface area (Å²) in [6.45, 7) is 4.18. The van der Waals surface area contributed by atoms with E-state index in [1.165, 1.54) is 22.9 Å². The van der Waals surface area contributed by atoms with Crippen LogP contribution in [0, 0.1) is 17.6 Å². The van der Waals surface area contributed by atoms with Crippen LogP contribution >= 0.6 is 0 Å². The van der Waals surface area contributed by atoms with E-state index in [-0.39, 0.29) is 24.1 Å². The Hall–Kier alpha value is -2.08. The summed E-state index contributed by atoms with van der Waals surface area (Å²) in [6, 6.07) is 6.10. The molecule has 0 saturated carbocycles. The molecular weight excluding hydrogens is 276 g/mol. The van der Waals surface area contributed by atoms with E-state index < -0.39 is 11.6 Å². The Balaban J connectivity index is 2.38. The largest absolute Gasteiger partial charge is 0.326 e. The fourth-order valence-corrected chi connectivity index (χ4v) is 1.80. The summed E-state index contributed by atoms with van der Waals surface area (Å²) >= 11 is 0. The Morgan fingerprint density at radius 1 is 1.19 bits per heavy atom. The van der Waals surface area contributed by atoms with E-state index in [0.717, 1.165) is 12.1 Å². The predicted molar refractivity (Wildman–Crippen MR) is 76.7 cm³/mol. The number of benzene rings is 1. The van der Waals surface area contributed by atoms with Crippen LogP contribution in [0.3, 0.4) is 0 Å². The second-order valence-electron chi connectivity index (χ2n) is 5.28. The molecule has 112 valence electrons. The van der Waals surface area contributed by atoms with E-state index in [1.807, 2.05) is 13.8 Å². The topological polar surface area (TPSA) is 60.9 Å². The number of aromatic nitrogens is 2. The third-order valence-electron chi connectivity index (χ3n) is 3.32. The van der Waals surface area contributed by atoms with Crippen molar-refractivity contribution < 1.29 is 8.78 Å². The maximum Gasteiger partial charge on any atom is 0.266 e. The molecule has 0 bridgehead atoms. The second kappa shape index (κ2) is 6.13. The minimum atomic E-state index is -0.953. The highest BCUT2D eigenvalue weighted by Gasteiger charge is 2.12. The Kier molecular flexibility index (Phi) is 4.47. The molecule has 2 rings (SSSR count). The van der Waals surface area contributed by atoms with Crippen LogP contribution in [0.5, 0.6) is 0 Å². The lowest BCUT2D eigenvalue weighted by Gasteiger charge is -2.16. The molecule has 21 heavy (non-hydrogen) atoms. The molecule has 2 N–H and O–H groups in total. The van der Waals surface area contributed by atoms with E-state index in [4.69, 9.17) is 5.73 Å².